The third-order valence-electron chi connectivity index (χ3n) is 3.68. The van der Waals surface area contributed by atoms with Gasteiger partial charge in [0.25, 0.3) is 0 Å². The van der Waals surface area contributed by atoms with Gasteiger partial charge in [-0.05, 0) is 31.5 Å². The van der Waals surface area contributed by atoms with Crippen LogP contribution in [0.25, 0.3) is 0 Å². The Labute approximate surface area is 128 Å². The van der Waals surface area contributed by atoms with E-state index in [1.807, 2.05) is 0 Å². The molecular formula is C18H29FO2. The molecule has 3 heteroatoms. The molecule has 0 amide bonds. The van der Waals surface area contributed by atoms with E-state index in [-0.39, 0.29) is 5.82 Å². The van der Waals surface area contributed by atoms with E-state index < -0.39 is 6.10 Å². The molecule has 0 aromatic heterocycles. The van der Waals surface area contributed by atoms with Crippen molar-refractivity contribution in [3.05, 3.63) is 29.6 Å². The van der Waals surface area contributed by atoms with Gasteiger partial charge in [-0.25, -0.2) is 4.39 Å². The smallest absolute Gasteiger partial charge is 0.125 e. The van der Waals surface area contributed by atoms with Crippen LogP contribution in [0, 0.1) is 5.82 Å². The number of benzene rings is 1. The molecule has 0 bridgehead atoms. The minimum atomic E-state index is -0.714. The first-order chi connectivity index (χ1) is 10.1. The molecule has 1 aromatic carbocycles. The summed E-state index contributed by atoms with van der Waals surface area (Å²) in [5.74, 6) is 0.250. The minimum absolute atomic E-state index is 0.342. The first kappa shape index (κ1) is 18.0. The lowest BCUT2D eigenvalue weighted by atomic mass is 10.1. The molecule has 1 N–H and O–H groups in total. The van der Waals surface area contributed by atoms with Gasteiger partial charge in [-0.2, -0.15) is 0 Å². The number of ether oxygens (including phenoxy) is 1. The van der Waals surface area contributed by atoms with Crippen molar-refractivity contribution in [2.24, 2.45) is 0 Å². The van der Waals surface area contributed by atoms with Gasteiger partial charge in [-0.15, -0.1) is 0 Å². The minimum Gasteiger partial charge on any atom is -0.493 e. The molecule has 1 atom stereocenters. The molecule has 1 aromatic rings. The highest BCUT2D eigenvalue weighted by atomic mass is 19.1. The third kappa shape index (κ3) is 7.47. The fourth-order valence-corrected chi connectivity index (χ4v) is 2.40. The van der Waals surface area contributed by atoms with Gasteiger partial charge in [0, 0.05) is 5.56 Å². The molecule has 0 heterocycles. The van der Waals surface area contributed by atoms with Crippen molar-refractivity contribution in [2.75, 3.05) is 6.61 Å². The summed E-state index contributed by atoms with van der Waals surface area (Å²) in [5, 5.41) is 9.63. The molecule has 2 nitrogen and oxygen atoms in total. The van der Waals surface area contributed by atoms with E-state index in [0.717, 1.165) is 12.8 Å². The average molecular weight is 296 g/mol. The standard InChI is InChI=1S/C18H29FO2/c1-3-4-5-6-7-8-9-10-13-21-18-12-11-16(19)14-17(18)15(2)20/h11-12,14-15,20H,3-10,13H2,1-2H3. The van der Waals surface area contributed by atoms with Gasteiger partial charge < -0.3 is 9.84 Å². The fraction of sp³-hybridized carbons (Fsp3) is 0.667. The van der Waals surface area contributed by atoms with Crippen LogP contribution >= 0.6 is 0 Å². The van der Waals surface area contributed by atoms with Crippen LogP contribution in [0.3, 0.4) is 0 Å². The van der Waals surface area contributed by atoms with Crippen LogP contribution in [0.1, 0.15) is 76.9 Å². The molecule has 0 aliphatic rings. The zero-order chi connectivity index (χ0) is 15.5. The van der Waals surface area contributed by atoms with Crippen molar-refractivity contribution >= 4 is 0 Å². The Morgan fingerprint density at radius 1 is 1.05 bits per heavy atom. The first-order valence-corrected chi connectivity index (χ1v) is 8.25. The number of hydrogen-bond donors (Lipinski definition) is 1. The summed E-state index contributed by atoms with van der Waals surface area (Å²) in [6.07, 6.45) is 9.32. The second kappa shape index (κ2) is 10.6. The number of rotatable bonds is 11. The van der Waals surface area contributed by atoms with Crippen LogP contribution in [0.5, 0.6) is 5.75 Å². The fourth-order valence-electron chi connectivity index (χ4n) is 2.40. The Morgan fingerprint density at radius 2 is 1.67 bits per heavy atom. The summed E-state index contributed by atoms with van der Waals surface area (Å²) in [4.78, 5) is 0. The third-order valence-corrected chi connectivity index (χ3v) is 3.68. The van der Waals surface area contributed by atoms with Crippen molar-refractivity contribution in [3.63, 3.8) is 0 Å². The lowest BCUT2D eigenvalue weighted by Crippen LogP contribution is -2.03. The molecule has 0 aliphatic carbocycles. The van der Waals surface area contributed by atoms with Crippen LogP contribution in [0.2, 0.25) is 0 Å². The Kier molecular flexibility index (Phi) is 9.07. The summed E-state index contributed by atoms with van der Waals surface area (Å²) in [7, 11) is 0. The average Bonchev–Trinajstić information content (AvgIpc) is 2.46. The molecule has 0 saturated heterocycles. The number of aliphatic hydroxyl groups is 1. The highest BCUT2D eigenvalue weighted by Crippen LogP contribution is 2.26. The van der Waals surface area contributed by atoms with Gasteiger partial charge in [0.1, 0.15) is 11.6 Å². The molecule has 0 spiro atoms. The highest BCUT2D eigenvalue weighted by molar-refractivity contribution is 5.35. The van der Waals surface area contributed by atoms with Crippen LogP contribution in [0.4, 0.5) is 4.39 Å². The van der Waals surface area contributed by atoms with E-state index >= 15 is 0 Å². The highest BCUT2D eigenvalue weighted by Gasteiger charge is 2.10. The lowest BCUT2D eigenvalue weighted by Gasteiger charge is -2.13. The van der Waals surface area contributed by atoms with E-state index in [1.165, 1.54) is 50.7 Å². The second-order valence-electron chi connectivity index (χ2n) is 5.68. The van der Waals surface area contributed by atoms with Gasteiger partial charge in [-0.3, -0.25) is 0 Å². The molecule has 0 aliphatic heterocycles. The molecule has 0 saturated carbocycles. The normalized spacial score (nSPS) is 12.4. The van der Waals surface area contributed by atoms with E-state index in [1.54, 1.807) is 13.0 Å². The Hall–Kier alpha value is -1.09. The quantitative estimate of drug-likeness (QED) is 0.554. The largest absolute Gasteiger partial charge is 0.493 e. The zero-order valence-corrected chi connectivity index (χ0v) is 13.4. The predicted molar refractivity (Wildman–Crippen MR) is 85.1 cm³/mol. The Morgan fingerprint density at radius 3 is 2.29 bits per heavy atom. The number of unbranched alkanes of at least 4 members (excludes halogenated alkanes) is 7. The number of halogens is 1. The van der Waals surface area contributed by atoms with Gasteiger partial charge in [0.05, 0.1) is 12.7 Å². The van der Waals surface area contributed by atoms with Crippen LogP contribution in [-0.4, -0.2) is 11.7 Å². The predicted octanol–water partition coefficient (Wildman–Crippen LogP) is 5.40. The maximum Gasteiger partial charge on any atom is 0.125 e. The van der Waals surface area contributed by atoms with Crippen LogP contribution in [0.15, 0.2) is 18.2 Å². The van der Waals surface area contributed by atoms with Crippen LogP contribution in [-0.2, 0) is 0 Å². The van der Waals surface area contributed by atoms with Crippen molar-refractivity contribution in [1.82, 2.24) is 0 Å². The van der Waals surface area contributed by atoms with Gasteiger partial charge in [0.2, 0.25) is 0 Å². The van der Waals surface area contributed by atoms with E-state index in [4.69, 9.17) is 4.74 Å². The summed E-state index contributed by atoms with van der Waals surface area (Å²) in [6.45, 7) is 4.48. The maximum atomic E-state index is 13.2. The van der Waals surface area contributed by atoms with E-state index in [9.17, 15) is 9.50 Å². The molecule has 120 valence electrons. The second-order valence-corrected chi connectivity index (χ2v) is 5.68. The monoisotopic (exact) mass is 296 g/mol. The van der Waals surface area contributed by atoms with E-state index in [0.29, 0.717) is 17.9 Å². The van der Waals surface area contributed by atoms with Crippen molar-refractivity contribution in [3.8, 4) is 5.75 Å². The maximum absolute atomic E-state index is 13.2. The lowest BCUT2D eigenvalue weighted by molar-refractivity contribution is 0.190. The van der Waals surface area contributed by atoms with Gasteiger partial charge >= 0.3 is 0 Å². The topological polar surface area (TPSA) is 29.5 Å². The summed E-state index contributed by atoms with van der Waals surface area (Å²) in [5.41, 5.74) is 0.523. The first-order valence-electron chi connectivity index (χ1n) is 8.25. The molecule has 0 radical (unpaired) electrons. The van der Waals surface area contributed by atoms with E-state index in [2.05, 4.69) is 6.92 Å². The summed E-state index contributed by atoms with van der Waals surface area (Å²) >= 11 is 0. The SMILES string of the molecule is CCCCCCCCCCOc1ccc(F)cc1C(C)O. The molecular weight excluding hydrogens is 267 g/mol. The molecule has 1 rings (SSSR count). The van der Waals surface area contributed by atoms with Crippen molar-refractivity contribution < 1.29 is 14.2 Å². The molecule has 0 fully saturated rings. The Bertz CT molecular complexity index is 391. The summed E-state index contributed by atoms with van der Waals surface area (Å²) < 4.78 is 18.8. The van der Waals surface area contributed by atoms with Crippen molar-refractivity contribution in [1.29, 1.82) is 0 Å². The molecule has 1 unspecified atom stereocenters. The molecule has 21 heavy (non-hydrogen) atoms. The number of aliphatic hydroxyl groups excluding tert-OH is 1. The van der Waals surface area contributed by atoms with Gasteiger partial charge in [0.15, 0.2) is 0 Å². The van der Waals surface area contributed by atoms with Gasteiger partial charge in [-0.1, -0.05) is 51.9 Å². The number of hydrogen-bond acceptors (Lipinski definition) is 2. The van der Waals surface area contributed by atoms with Crippen LogP contribution < -0.4 is 4.74 Å². The Balaban J connectivity index is 2.18. The summed E-state index contributed by atoms with van der Waals surface area (Å²) in [6, 6.07) is 4.31. The van der Waals surface area contributed by atoms with Crippen molar-refractivity contribution in [2.45, 2.75) is 71.3 Å². The zero-order valence-electron chi connectivity index (χ0n) is 13.4.